The van der Waals surface area contributed by atoms with Crippen LogP contribution in [0.5, 0.6) is 0 Å². The van der Waals surface area contributed by atoms with Gasteiger partial charge in [-0.15, -0.1) is 0 Å². The third kappa shape index (κ3) is 3.50. The molecule has 0 spiro atoms. The Balaban J connectivity index is 2.40. The summed E-state index contributed by atoms with van der Waals surface area (Å²) in [5, 5.41) is 3.26. The first-order valence-electron chi connectivity index (χ1n) is 6.77. The third-order valence-corrected chi connectivity index (χ3v) is 2.81. The SMILES string of the molecule is CCCc1nc(NCC)cc(-c2ccc(C)nc2)n1. The zero-order valence-electron chi connectivity index (χ0n) is 11.8. The van der Waals surface area contributed by atoms with Crippen molar-refractivity contribution in [1.29, 1.82) is 0 Å². The van der Waals surface area contributed by atoms with E-state index in [4.69, 9.17) is 0 Å². The molecule has 4 nitrogen and oxygen atoms in total. The number of nitrogens with one attached hydrogen (secondary N) is 1. The molecule has 2 aromatic rings. The Morgan fingerprint density at radius 3 is 2.63 bits per heavy atom. The summed E-state index contributed by atoms with van der Waals surface area (Å²) in [6.07, 6.45) is 3.80. The summed E-state index contributed by atoms with van der Waals surface area (Å²) in [6, 6.07) is 6.04. The van der Waals surface area contributed by atoms with Crippen LogP contribution in [0.1, 0.15) is 31.8 Å². The molecule has 19 heavy (non-hydrogen) atoms. The Morgan fingerprint density at radius 2 is 2.00 bits per heavy atom. The Hall–Kier alpha value is -1.97. The van der Waals surface area contributed by atoms with E-state index in [0.717, 1.165) is 48.0 Å². The summed E-state index contributed by atoms with van der Waals surface area (Å²) >= 11 is 0. The van der Waals surface area contributed by atoms with Crippen LogP contribution in [0.4, 0.5) is 5.82 Å². The molecule has 0 bridgehead atoms. The molecule has 0 aliphatic carbocycles. The lowest BCUT2D eigenvalue weighted by Crippen LogP contribution is -2.04. The Bertz CT molecular complexity index is 510. The fraction of sp³-hybridized carbons (Fsp3) is 0.400. The minimum atomic E-state index is 0.855. The van der Waals surface area contributed by atoms with Crippen LogP contribution in [-0.4, -0.2) is 21.5 Å². The maximum Gasteiger partial charge on any atom is 0.131 e. The number of anilines is 1. The molecule has 100 valence electrons. The molecule has 0 aromatic carbocycles. The van der Waals surface area contributed by atoms with Gasteiger partial charge in [0, 0.05) is 36.5 Å². The van der Waals surface area contributed by atoms with E-state index < -0.39 is 0 Å². The van der Waals surface area contributed by atoms with Crippen molar-refractivity contribution >= 4 is 5.82 Å². The van der Waals surface area contributed by atoms with Crippen molar-refractivity contribution in [3.63, 3.8) is 0 Å². The number of aryl methyl sites for hydroxylation is 2. The number of rotatable bonds is 5. The van der Waals surface area contributed by atoms with Crippen molar-refractivity contribution in [2.75, 3.05) is 11.9 Å². The van der Waals surface area contributed by atoms with Gasteiger partial charge in [-0.2, -0.15) is 0 Å². The van der Waals surface area contributed by atoms with E-state index in [1.54, 1.807) is 0 Å². The van der Waals surface area contributed by atoms with E-state index in [-0.39, 0.29) is 0 Å². The molecule has 0 fully saturated rings. The molecular weight excluding hydrogens is 236 g/mol. The Labute approximate surface area is 114 Å². The third-order valence-electron chi connectivity index (χ3n) is 2.81. The van der Waals surface area contributed by atoms with Crippen LogP contribution in [-0.2, 0) is 6.42 Å². The second-order valence-corrected chi connectivity index (χ2v) is 4.52. The average molecular weight is 256 g/mol. The van der Waals surface area contributed by atoms with E-state index in [1.165, 1.54) is 0 Å². The van der Waals surface area contributed by atoms with E-state index in [1.807, 2.05) is 25.3 Å². The van der Waals surface area contributed by atoms with E-state index in [0.29, 0.717) is 0 Å². The van der Waals surface area contributed by atoms with Crippen molar-refractivity contribution < 1.29 is 0 Å². The monoisotopic (exact) mass is 256 g/mol. The predicted octanol–water partition coefficient (Wildman–Crippen LogP) is 3.23. The Kier molecular flexibility index (Phi) is 4.44. The second kappa shape index (κ2) is 6.27. The number of hydrogen-bond donors (Lipinski definition) is 1. The van der Waals surface area contributed by atoms with Crippen LogP contribution in [0.25, 0.3) is 11.3 Å². The highest BCUT2D eigenvalue weighted by Gasteiger charge is 2.06. The van der Waals surface area contributed by atoms with Crippen molar-refractivity contribution in [3.05, 3.63) is 35.9 Å². The highest BCUT2D eigenvalue weighted by molar-refractivity contribution is 5.61. The molecule has 0 aliphatic heterocycles. The molecule has 2 heterocycles. The molecule has 0 atom stereocenters. The second-order valence-electron chi connectivity index (χ2n) is 4.52. The summed E-state index contributed by atoms with van der Waals surface area (Å²) < 4.78 is 0. The maximum atomic E-state index is 4.61. The molecular formula is C15H20N4. The molecule has 2 rings (SSSR count). The van der Waals surface area contributed by atoms with Crippen molar-refractivity contribution in [1.82, 2.24) is 15.0 Å². The number of hydrogen-bond acceptors (Lipinski definition) is 4. The normalized spacial score (nSPS) is 10.5. The first-order valence-corrected chi connectivity index (χ1v) is 6.77. The van der Waals surface area contributed by atoms with Gasteiger partial charge in [-0.05, 0) is 32.4 Å². The van der Waals surface area contributed by atoms with Crippen LogP contribution in [0.15, 0.2) is 24.4 Å². The molecule has 4 heteroatoms. The van der Waals surface area contributed by atoms with Gasteiger partial charge in [-0.1, -0.05) is 6.92 Å². The summed E-state index contributed by atoms with van der Waals surface area (Å²) in [4.78, 5) is 13.5. The first kappa shape index (κ1) is 13.5. The van der Waals surface area contributed by atoms with Crippen LogP contribution >= 0.6 is 0 Å². The number of nitrogens with zero attached hydrogens (tertiary/aromatic N) is 3. The topological polar surface area (TPSA) is 50.7 Å². The van der Waals surface area contributed by atoms with Crippen LogP contribution in [0, 0.1) is 6.92 Å². The number of pyridine rings is 1. The molecule has 0 amide bonds. The van der Waals surface area contributed by atoms with E-state index in [9.17, 15) is 0 Å². The zero-order valence-corrected chi connectivity index (χ0v) is 11.8. The lowest BCUT2D eigenvalue weighted by molar-refractivity contribution is 0.836. The minimum Gasteiger partial charge on any atom is -0.370 e. The highest BCUT2D eigenvalue weighted by atomic mass is 15.0. The van der Waals surface area contributed by atoms with E-state index in [2.05, 4.69) is 40.2 Å². The number of aromatic nitrogens is 3. The van der Waals surface area contributed by atoms with Gasteiger partial charge in [0.1, 0.15) is 11.6 Å². The van der Waals surface area contributed by atoms with Crippen molar-refractivity contribution in [2.24, 2.45) is 0 Å². The highest BCUT2D eigenvalue weighted by Crippen LogP contribution is 2.19. The largest absolute Gasteiger partial charge is 0.370 e. The van der Waals surface area contributed by atoms with Gasteiger partial charge in [0.05, 0.1) is 5.69 Å². The molecule has 0 saturated carbocycles. The first-order chi connectivity index (χ1) is 9.22. The van der Waals surface area contributed by atoms with Crippen molar-refractivity contribution in [2.45, 2.75) is 33.6 Å². The van der Waals surface area contributed by atoms with Crippen LogP contribution in [0.3, 0.4) is 0 Å². The van der Waals surface area contributed by atoms with Gasteiger partial charge < -0.3 is 5.32 Å². The Morgan fingerprint density at radius 1 is 1.16 bits per heavy atom. The summed E-state index contributed by atoms with van der Waals surface area (Å²) in [5.74, 6) is 1.77. The van der Waals surface area contributed by atoms with Gasteiger partial charge in [-0.3, -0.25) is 4.98 Å². The molecule has 1 N–H and O–H groups in total. The standard InChI is InChI=1S/C15H20N4/c1-4-6-14-18-13(9-15(19-14)16-5-2)12-8-7-11(3)17-10-12/h7-10H,4-6H2,1-3H3,(H,16,18,19). The summed E-state index contributed by atoms with van der Waals surface area (Å²) in [5.41, 5.74) is 2.98. The quantitative estimate of drug-likeness (QED) is 0.892. The minimum absolute atomic E-state index is 0.855. The van der Waals surface area contributed by atoms with E-state index >= 15 is 0 Å². The lowest BCUT2D eigenvalue weighted by Gasteiger charge is -2.08. The average Bonchev–Trinajstić information content (AvgIpc) is 2.40. The van der Waals surface area contributed by atoms with Crippen LogP contribution in [0.2, 0.25) is 0 Å². The molecule has 2 aromatic heterocycles. The molecule has 0 aliphatic rings. The fourth-order valence-electron chi connectivity index (χ4n) is 1.87. The van der Waals surface area contributed by atoms with Gasteiger partial charge >= 0.3 is 0 Å². The predicted molar refractivity (Wildman–Crippen MR) is 78.2 cm³/mol. The van der Waals surface area contributed by atoms with Gasteiger partial charge in [0.15, 0.2) is 0 Å². The molecule has 0 saturated heterocycles. The van der Waals surface area contributed by atoms with Gasteiger partial charge in [0.2, 0.25) is 0 Å². The van der Waals surface area contributed by atoms with Crippen molar-refractivity contribution in [3.8, 4) is 11.3 Å². The van der Waals surface area contributed by atoms with Gasteiger partial charge in [0.25, 0.3) is 0 Å². The summed E-state index contributed by atoms with van der Waals surface area (Å²) in [6.45, 7) is 7.04. The van der Waals surface area contributed by atoms with Crippen LogP contribution < -0.4 is 5.32 Å². The summed E-state index contributed by atoms with van der Waals surface area (Å²) in [7, 11) is 0. The fourth-order valence-corrected chi connectivity index (χ4v) is 1.87. The molecule has 0 unspecified atom stereocenters. The smallest absolute Gasteiger partial charge is 0.131 e. The molecule has 0 radical (unpaired) electrons. The lowest BCUT2D eigenvalue weighted by atomic mass is 10.2. The zero-order chi connectivity index (χ0) is 13.7. The maximum absolute atomic E-state index is 4.61. The van der Waals surface area contributed by atoms with Gasteiger partial charge in [-0.25, -0.2) is 9.97 Å².